The van der Waals surface area contributed by atoms with Gasteiger partial charge in [0, 0.05) is 5.39 Å². The second-order valence-corrected chi connectivity index (χ2v) is 4.20. The van der Waals surface area contributed by atoms with Gasteiger partial charge in [-0.15, -0.1) is 0 Å². The van der Waals surface area contributed by atoms with Gasteiger partial charge in [-0.3, -0.25) is 5.10 Å². The molecule has 2 aromatic heterocycles. The zero-order chi connectivity index (χ0) is 12.4. The second kappa shape index (κ2) is 4.66. The zero-order valence-electron chi connectivity index (χ0n) is 9.43. The molecule has 0 radical (unpaired) electrons. The van der Waals surface area contributed by atoms with Gasteiger partial charge < -0.3 is 4.74 Å². The third-order valence-electron chi connectivity index (χ3n) is 2.59. The Bertz CT molecular complexity index is 666. The molecule has 0 unspecified atom stereocenters. The molecule has 1 aromatic carbocycles. The fourth-order valence-electron chi connectivity index (χ4n) is 1.71. The Morgan fingerprint density at radius 2 is 1.94 bits per heavy atom. The van der Waals surface area contributed by atoms with Gasteiger partial charge in [-0.2, -0.15) is 5.10 Å². The average Bonchev–Trinajstić information content (AvgIpc) is 2.80. The predicted octanol–water partition coefficient (Wildman–Crippen LogP) is 3.19. The molecular weight excluding hydrogens is 250 g/mol. The minimum absolute atomic E-state index is 0.420. The molecule has 1 N–H and O–H groups in total. The van der Waals surface area contributed by atoms with Crippen molar-refractivity contribution in [2.45, 2.75) is 6.61 Å². The van der Waals surface area contributed by atoms with Gasteiger partial charge in [-0.05, 0) is 24.3 Å². The molecular formula is C13H10ClN3O. The van der Waals surface area contributed by atoms with Gasteiger partial charge in [0.25, 0.3) is 0 Å². The summed E-state index contributed by atoms with van der Waals surface area (Å²) < 4.78 is 5.66. The van der Waals surface area contributed by atoms with E-state index in [2.05, 4.69) is 15.2 Å². The fraction of sp³-hybridized carbons (Fsp3) is 0.0769. The minimum Gasteiger partial charge on any atom is -0.487 e. The normalized spacial score (nSPS) is 10.7. The van der Waals surface area contributed by atoms with E-state index in [0.29, 0.717) is 17.4 Å². The van der Waals surface area contributed by atoms with Crippen LogP contribution in [0.3, 0.4) is 0 Å². The first-order valence-electron chi connectivity index (χ1n) is 5.50. The molecule has 0 aliphatic carbocycles. The van der Waals surface area contributed by atoms with E-state index in [1.54, 1.807) is 6.07 Å². The van der Waals surface area contributed by atoms with Crippen LogP contribution < -0.4 is 4.74 Å². The fourth-order valence-corrected chi connectivity index (χ4v) is 1.85. The molecule has 4 nitrogen and oxygen atoms in total. The third-order valence-corrected chi connectivity index (χ3v) is 2.80. The third kappa shape index (κ3) is 2.15. The Morgan fingerprint density at radius 1 is 1.11 bits per heavy atom. The molecule has 0 aliphatic rings. The molecule has 3 rings (SSSR count). The first kappa shape index (κ1) is 11.0. The number of aromatic nitrogens is 3. The van der Waals surface area contributed by atoms with Crippen LogP contribution in [0.2, 0.25) is 5.15 Å². The first-order valence-corrected chi connectivity index (χ1v) is 5.88. The summed E-state index contributed by atoms with van der Waals surface area (Å²) in [7, 11) is 0. The van der Waals surface area contributed by atoms with Gasteiger partial charge in [0.05, 0.1) is 5.69 Å². The highest BCUT2D eigenvalue weighted by atomic mass is 35.5. The highest BCUT2D eigenvalue weighted by Crippen LogP contribution is 2.18. The summed E-state index contributed by atoms with van der Waals surface area (Å²) >= 11 is 5.80. The van der Waals surface area contributed by atoms with Gasteiger partial charge in [-0.1, -0.05) is 29.8 Å². The number of nitrogens with one attached hydrogen (secondary N) is 1. The lowest BCUT2D eigenvalue weighted by molar-refractivity contribution is 0.302. The van der Waals surface area contributed by atoms with Crippen LogP contribution in [-0.4, -0.2) is 15.2 Å². The number of hydrogen-bond acceptors (Lipinski definition) is 3. The van der Waals surface area contributed by atoms with Crippen molar-refractivity contribution >= 4 is 22.6 Å². The number of nitrogens with zero attached hydrogens (tertiary/aromatic N) is 2. The molecule has 0 spiro atoms. The number of H-pyrrole nitrogens is 1. The molecule has 0 fully saturated rings. The van der Waals surface area contributed by atoms with Crippen LogP contribution in [0.4, 0.5) is 0 Å². The van der Waals surface area contributed by atoms with Crippen molar-refractivity contribution in [3.63, 3.8) is 0 Å². The highest BCUT2D eigenvalue weighted by Gasteiger charge is 2.07. The number of rotatable bonds is 3. The van der Waals surface area contributed by atoms with E-state index in [9.17, 15) is 0 Å². The Kier molecular flexibility index (Phi) is 2.86. The number of para-hydroxylation sites is 1. The van der Waals surface area contributed by atoms with E-state index in [1.807, 2.05) is 36.4 Å². The number of hydrogen-bond donors (Lipinski definition) is 1. The lowest BCUT2D eigenvalue weighted by Gasteiger charge is -2.04. The quantitative estimate of drug-likeness (QED) is 0.735. The van der Waals surface area contributed by atoms with Crippen molar-refractivity contribution in [2.75, 3.05) is 0 Å². The maximum atomic E-state index is 5.80. The van der Waals surface area contributed by atoms with E-state index >= 15 is 0 Å². The first-order chi connectivity index (χ1) is 8.83. The number of aromatic amines is 1. The summed E-state index contributed by atoms with van der Waals surface area (Å²) in [4.78, 5) is 4.12. The van der Waals surface area contributed by atoms with Crippen molar-refractivity contribution in [1.82, 2.24) is 15.2 Å². The standard InChI is InChI=1S/C13H10ClN3O/c14-12-7-6-10-11(16-17-13(10)15-12)8-18-9-4-2-1-3-5-9/h1-7H,8H2,(H,15,16,17). The number of halogens is 1. The number of pyridine rings is 1. The van der Waals surface area contributed by atoms with Crippen molar-refractivity contribution < 1.29 is 4.74 Å². The molecule has 0 saturated carbocycles. The molecule has 18 heavy (non-hydrogen) atoms. The van der Waals surface area contributed by atoms with Crippen molar-refractivity contribution in [3.8, 4) is 5.75 Å². The molecule has 0 bridgehead atoms. The monoisotopic (exact) mass is 259 g/mol. The number of benzene rings is 1. The molecule has 90 valence electrons. The summed E-state index contributed by atoms with van der Waals surface area (Å²) in [5, 5.41) is 8.37. The van der Waals surface area contributed by atoms with Crippen LogP contribution in [0.1, 0.15) is 5.69 Å². The minimum atomic E-state index is 0.420. The van der Waals surface area contributed by atoms with Crippen LogP contribution in [0, 0.1) is 0 Å². The van der Waals surface area contributed by atoms with Crippen molar-refractivity contribution in [2.24, 2.45) is 0 Å². The number of fused-ring (bicyclic) bond motifs is 1. The van der Waals surface area contributed by atoms with Crippen LogP contribution in [-0.2, 0) is 6.61 Å². The van der Waals surface area contributed by atoms with Crippen LogP contribution in [0.5, 0.6) is 5.75 Å². The maximum Gasteiger partial charge on any atom is 0.182 e. The average molecular weight is 260 g/mol. The van der Waals surface area contributed by atoms with E-state index in [-0.39, 0.29) is 0 Å². The molecule has 5 heteroatoms. The Labute approximate surface area is 109 Å². The SMILES string of the molecule is Clc1ccc2c(COc3ccccc3)[nH]nc2n1. The predicted molar refractivity (Wildman–Crippen MR) is 69.7 cm³/mol. The van der Waals surface area contributed by atoms with E-state index in [0.717, 1.165) is 16.8 Å². The lowest BCUT2D eigenvalue weighted by atomic mass is 10.3. The van der Waals surface area contributed by atoms with E-state index in [4.69, 9.17) is 16.3 Å². The molecule has 0 saturated heterocycles. The maximum absolute atomic E-state index is 5.80. The summed E-state index contributed by atoms with van der Waals surface area (Å²) in [5.41, 5.74) is 1.49. The van der Waals surface area contributed by atoms with Gasteiger partial charge in [0.15, 0.2) is 5.65 Å². The van der Waals surface area contributed by atoms with Gasteiger partial charge >= 0.3 is 0 Å². The van der Waals surface area contributed by atoms with Crippen molar-refractivity contribution in [3.05, 3.63) is 53.3 Å². The molecule has 2 heterocycles. The van der Waals surface area contributed by atoms with Crippen molar-refractivity contribution in [1.29, 1.82) is 0 Å². The molecule has 0 aliphatic heterocycles. The van der Waals surface area contributed by atoms with E-state index < -0.39 is 0 Å². The number of ether oxygens (including phenoxy) is 1. The highest BCUT2D eigenvalue weighted by molar-refractivity contribution is 6.29. The largest absolute Gasteiger partial charge is 0.487 e. The van der Waals surface area contributed by atoms with Gasteiger partial charge in [-0.25, -0.2) is 4.98 Å². The molecule has 3 aromatic rings. The molecule has 0 amide bonds. The summed E-state index contributed by atoms with van der Waals surface area (Å²) in [5.74, 6) is 0.821. The lowest BCUT2D eigenvalue weighted by Crippen LogP contribution is -1.96. The topological polar surface area (TPSA) is 50.8 Å². The van der Waals surface area contributed by atoms with Gasteiger partial charge in [0.1, 0.15) is 17.5 Å². The summed E-state index contributed by atoms with van der Waals surface area (Å²) in [6.45, 7) is 0.420. The smallest absolute Gasteiger partial charge is 0.182 e. The molecule has 0 atom stereocenters. The summed E-state index contributed by atoms with van der Waals surface area (Å²) in [6.07, 6.45) is 0. The van der Waals surface area contributed by atoms with Crippen LogP contribution in [0.15, 0.2) is 42.5 Å². The van der Waals surface area contributed by atoms with Crippen LogP contribution in [0.25, 0.3) is 11.0 Å². The van der Waals surface area contributed by atoms with E-state index in [1.165, 1.54) is 0 Å². The Morgan fingerprint density at radius 3 is 2.78 bits per heavy atom. The second-order valence-electron chi connectivity index (χ2n) is 3.81. The van der Waals surface area contributed by atoms with Gasteiger partial charge in [0.2, 0.25) is 0 Å². The Balaban J connectivity index is 1.83. The zero-order valence-corrected chi connectivity index (χ0v) is 10.2. The van der Waals surface area contributed by atoms with Crippen LogP contribution >= 0.6 is 11.6 Å². The summed E-state index contributed by atoms with van der Waals surface area (Å²) in [6, 6.07) is 13.3. The Hall–Kier alpha value is -2.07.